The van der Waals surface area contributed by atoms with Crippen LogP contribution >= 0.6 is 11.3 Å². The van der Waals surface area contributed by atoms with E-state index in [9.17, 15) is 9.59 Å². The van der Waals surface area contributed by atoms with Crippen molar-refractivity contribution >= 4 is 61.7 Å². The van der Waals surface area contributed by atoms with E-state index >= 15 is 0 Å². The zero-order valence-electron chi connectivity index (χ0n) is 38.3. The van der Waals surface area contributed by atoms with Gasteiger partial charge in [0.1, 0.15) is 17.4 Å². The molecule has 3 fully saturated rings. The number of carbonyl (C=O) groups excluding carboxylic acids is 2. The van der Waals surface area contributed by atoms with Gasteiger partial charge in [0, 0.05) is 68.0 Å². The number of morpholine rings is 2. The standard InChI is InChI=1S/C51H47N13O5S/c1-30-5-3-7-32(21-30)36-10-13-63(59-36)44-26-40(61-15-18-67-19-16-61)47-38(54-44)24-42(70-47)50(65)55-43-23-34(9-12-52-43)41-27-62(17-20-69-41)39-25-45(64-14-11-37(60-64)33-8-4-6-31(2)22-33)56-48-46(39)57-49(58-48)51(66)53-35-28-68-29-35/h3-14,21-26,35,41H,15-20,27-29H2,1-2H3,(H,53,66)(H,52,55,65)(H,56,57,58). The van der Waals surface area contributed by atoms with E-state index in [0.29, 0.717) is 98.2 Å². The number of thiophene rings is 1. The summed E-state index contributed by atoms with van der Waals surface area (Å²) in [5, 5.41) is 15.8. The van der Waals surface area contributed by atoms with Gasteiger partial charge in [-0.3, -0.25) is 9.59 Å². The van der Waals surface area contributed by atoms with Crippen molar-refractivity contribution in [2.45, 2.75) is 26.0 Å². The summed E-state index contributed by atoms with van der Waals surface area (Å²) in [6, 6.07) is 29.9. The predicted octanol–water partition coefficient (Wildman–Crippen LogP) is 7.08. The number of pyridine rings is 3. The first kappa shape index (κ1) is 43.4. The van der Waals surface area contributed by atoms with Crippen LogP contribution in [-0.4, -0.2) is 122 Å². The van der Waals surface area contributed by atoms with Crippen LogP contribution in [0.5, 0.6) is 0 Å². The van der Waals surface area contributed by atoms with Gasteiger partial charge >= 0.3 is 0 Å². The van der Waals surface area contributed by atoms with Gasteiger partial charge in [-0.05, 0) is 61.9 Å². The van der Waals surface area contributed by atoms with Crippen LogP contribution in [0.1, 0.15) is 43.1 Å². The molecular formula is C51H47N13O5S. The highest BCUT2D eigenvalue weighted by Crippen LogP contribution is 2.37. The molecule has 0 aliphatic carbocycles. The molecule has 12 rings (SSSR count). The second-order valence-corrected chi connectivity index (χ2v) is 18.7. The number of ether oxygens (including phenoxy) is 3. The fourth-order valence-corrected chi connectivity index (χ4v) is 10.1. The minimum atomic E-state index is -0.391. The topological polar surface area (TPSA) is 195 Å². The maximum atomic E-state index is 14.1. The molecule has 3 saturated heterocycles. The molecule has 2 aromatic carbocycles. The molecule has 3 aliphatic rings. The number of carbonyl (C=O) groups is 2. The van der Waals surface area contributed by atoms with Gasteiger partial charge in [-0.2, -0.15) is 10.2 Å². The normalized spacial score (nSPS) is 16.5. The number of fused-ring (bicyclic) bond motifs is 2. The minimum Gasteiger partial charge on any atom is -0.378 e. The first-order chi connectivity index (χ1) is 34.2. The van der Waals surface area contributed by atoms with Crippen LogP contribution in [0.15, 0.2) is 110 Å². The van der Waals surface area contributed by atoms with Crippen molar-refractivity contribution in [1.82, 2.24) is 49.8 Å². The van der Waals surface area contributed by atoms with Crippen LogP contribution in [-0.2, 0) is 14.2 Å². The molecule has 352 valence electrons. The molecule has 9 aromatic rings. The van der Waals surface area contributed by atoms with Crippen LogP contribution in [0.2, 0.25) is 0 Å². The Balaban J connectivity index is 0.814. The zero-order chi connectivity index (χ0) is 47.3. The van der Waals surface area contributed by atoms with Gasteiger partial charge < -0.3 is 39.6 Å². The summed E-state index contributed by atoms with van der Waals surface area (Å²) in [5.74, 6) is 1.12. The minimum absolute atomic E-state index is 0.0708. The molecule has 70 heavy (non-hydrogen) atoms. The van der Waals surface area contributed by atoms with Crippen molar-refractivity contribution in [3.63, 3.8) is 0 Å². The molecule has 0 bridgehead atoms. The lowest BCUT2D eigenvalue weighted by molar-refractivity contribution is -0.00362. The number of benzene rings is 2. The molecule has 0 radical (unpaired) electrons. The van der Waals surface area contributed by atoms with Crippen LogP contribution in [0.25, 0.3) is 55.5 Å². The molecule has 19 heteroatoms. The summed E-state index contributed by atoms with van der Waals surface area (Å²) >= 11 is 1.40. The Bertz CT molecular complexity index is 3440. The quantitative estimate of drug-likeness (QED) is 0.119. The Morgan fingerprint density at radius 2 is 1.43 bits per heavy atom. The van der Waals surface area contributed by atoms with Gasteiger partial charge in [0.15, 0.2) is 23.1 Å². The average Bonchev–Trinajstić information content (AvgIpc) is 4.22. The Labute approximate surface area is 405 Å². The summed E-state index contributed by atoms with van der Waals surface area (Å²) in [4.78, 5) is 54.8. The van der Waals surface area contributed by atoms with Gasteiger partial charge in [-0.1, -0.05) is 47.5 Å². The van der Waals surface area contributed by atoms with Gasteiger partial charge in [0.2, 0.25) is 0 Å². The summed E-state index contributed by atoms with van der Waals surface area (Å²) in [6.45, 7) is 9.09. The van der Waals surface area contributed by atoms with Crippen molar-refractivity contribution in [1.29, 1.82) is 0 Å². The van der Waals surface area contributed by atoms with Crippen LogP contribution in [0.3, 0.4) is 0 Å². The van der Waals surface area contributed by atoms with Crippen molar-refractivity contribution in [2.24, 2.45) is 0 Å². The summed E-state index contributed by atoms with van der Waals surface area (Å²) in [6.07, 6.45) is 5.08. The van der Waals surface area contributed by atoms with E-state index < -0.39 is 6.10 Å². The molecule has 3 N–H and O–H groups in total. The highest BCUT2D eigenvalue weighted by molar-refractivity contribution is 7.21. The van der Waals surface area contributed by atoms with Gasteiger partial charge in [-0.15, -0.1) is 11.3 Å². The third-order valence-corrected chi connectivity index (χ3v) is 13.9. The van der Waals surface area contributed by atoms with Crippen LogP contribution in [0, 0.1) is 13.8 Å². The Morgan fingerprint density at radius 1 is 0.729 bits per heavy atom. The molecule has 18 nitrogen and oxygen atoms in total. The van der Waals surface area contributed by atoms with Crippen molar-refractivity contribution in [3.8, 4) is 34.2 Å². The van der Waals surface area contributed by atoms with E-state index in [4.69, 9.17) is 34.4 Å². The fourth-order valence-electron chi connectivity index (χ4n) is 9.05. The molecule has 2 amide bonds. The largest absolute Gasteiger partial charge is 0.378 e. The lowest BCUT2D eigenvalue weighted by Gasteiger charge is -2.35. The third-order valence-electron chi connectivity index (χ3n) is 12.7. The van der Waals surface area contributed by atoms with Gasteiger partial charge in [0.05, 0.1) is 76.9 Å². The first-order valence-electron chi connectivity index (χ1n) is 23.2. The number of anilines is 3. The molecule has 1 unspecified atom stereocenters. The summed E-state index contributed by atoms with van der Waals surface area (Å²) in [7, 11) is 0. The number of nitrogens with zero attached hydrogens (tertiary/aromatic N) is 10. The Morgan fingerprint density at radius 3 is 2.13 bits per heavy atom. The monoisotopic (exact) mass is 953 g/mol. The van der Waals surface area contributed by atoms with Gasteiger partial charge in [0.25, 0.3) is 11.8 Å². The molecule has 0 spiro atoms. The maximum Gasteiger partial charge on any atom is 0.287 e. The highest BCUT2D eigenvalue weighted by atomic mass is 32.1. The van der Waals surface area contributed by atoms with E-state index in [2.05, 4.69) is 73.5 Å². The SMILES string of the molecule is Cc1cccc(-c2ccn(-c3cc(N4CCOCC4)c4sc(C(=O)Nc5cc(C6CN(c7cc(-n8ccc(-c9cccc(C)c9)n8)nc8nc(C(=O)NC9COC9)[nH]c78)CCO6)ccn5)cc4n3)n2)c1. The number of nitrogens with one attached hydrogen (secondary N) is 3. The molecule has 1 atom stereocenters. The second-order valence-electron chi connectivity index (χ2n) is 17.7. The number of H-pyrrole nitrogens is 1. The number of aryl methyl sites for hydroxylation is 2. The average molecular weight is 954 g/mol. The lowest BCUT2D eigenvalue weighted by atomic mass is 10.1. The van der Waals surface area contributed by atoms with E-state index in [-0.39, 0.29) is 23.7 Å². The van der Waals surface area contributed by atoms with Gasteiger partial charge in [-0.25, -0.2) is 29.3 Å². The Hall–Kier alpha value is -7.84. The zero-order valence-corrected chi connectivity index (χ0v) is 39.1. The van der Waals surface area contributed by atoms with E-state index in [1.165, 1.54) is 11.3 Å². The number of aromatic amines is 1. The first-order valence-corrected chi connectivity index (χ1v) is 24.0. The lowest BCUT2D eigenvalue weighted by Crippen LogP contribution is -2.48. The molecular weight excluding hydrogens is 907 g/mol. The fraction of sp³-hybridized carbons (Fsp3) is 0.255. The Kier molecular flexibility index (Phi) is 11.3. The van der Waals surface area contributed by atoms with Crippen LogP contribution in [0.4, 0.5) is 17.2 Å². The second kappa shape index (κ2) is 18.2. The number of hydrogen-bond acceptors (Lipinski definition) is 14. The van der Waals surface area contributed by atoms with E-state index in [1.54, 1.807) is 15.6 Å². The van der Waals surface area contributed by atoms with E-state index in [1.807, 2.05) is 79.1 Å². The van der Waals surface area contributed by atoms with Crippen molar-refractivity contribution in [3.05, 3.63) is 137 Å². The van der Waals surface area contributed by atoms with Crippen molar-refractivity contribution < 1.29 is 23.8 Å². The molecule has 0 saturated carbocycles. The molecule has 7 aromatic heterocycles. The number of rotatable bonds is 11. The maximum absolute atomic E-state index is 14.1. The third kappa shape index (κ3) is 8.63. The number of imidazole rings is 1. The smallest absolute Gasteiger partial charge is 0.287 e. The number of aromatic nitrogens is 9. The number of amides is 2. The highest BCUT2D eigenvalue weighted by Gasteiger charge is 2.29. The van der Waals surface area contributed by atoms with E-state index in [0.717, 1.165) is 55.3 Å². The number of hydrogen-bond donors (Lipinski definition) is 3. The van der Waals surface area contributed by atoms with Crippen LogP contribution < -0.4 is 20.4 Å². The molecule has 3 aliphatic heterocycles. The molecule has 10 heterocycles. The summed E-state index contributed by atoms with van der Waals surface area (Å²) in [5.41, 5.74) is 10.3. The predicted molar refractivity (Wildman–Crippen MR) is 266 cm³/mol. The van der Waals surface area contributed by atoms with Crippen molar-refractivity contribution in [2.75, 3.05) is 74.3 Å². The summed E-state index contributed by atoms with van der Waals surface area (Å²) < 4.78 is 21.8.